The molecule has 3 N–H and O–H groups in total. The van der Waals surface area contributed by atoms with Gasteiger partial charge in [0.15, 0.2) is 0 Å². The van der Waals surface area contributed by atoms with Crippen molar-refractivity contribution in [3.8, 4) is 0 Å². The first-order valence-electron chi connectivity index (χ1n) is 6.51. The van der Waals surface area contributed by atoms with Gasteiger partial charge in [-0.05, 0) is 41.8 Å². The molecule has 0 heterocycles. The van der Waals surface area contributed by atoms with E-state index in [0.29, 0.717) is 29.2 Å². The quantitative estimate of drug-likeness (QED) is 0.802. The van der Waals surface area contributed by atoms with Crippen molar-refractivity contribution in [2.24, 2.45) is 0 Å². The van der Waals surface area contributed by atoms with E-state index >= 15 is 0 Å². The summed E-state index contributed by atoms with van der Waals surface area (Å²) < 4.78 is 26.5. The fraction of sp³-hybridized carbons (Fsp3) is 0.200. The predicted molar refractivity (Wildman–Crippen MR) is 86.6 cm³/mol. The van der Waals surface area contributed by atoms with Crippen molar-refractivity contribution in [1.82, 2.24) is 4.72 Å². The second kappa shape index (κ2) is 6.93. The molecule has 0 saturated heterocycles. The second-order valence-electron chi connectivity index (χ2n) is 4.77. The van der Waals surface area contributed by atoms with Crippen LogP contribution in [-0.4, -0.2) is 15.0 Å². The molecular formula is C15H17ClN2O2S. The Balaban J connectivity index is 1.88. The predicted octanol–water partition coefficient (Wildman–Crippen LogP) is 2.58. The summed E-state index contributed by atoms with van der Waals surface area (Å²) in [6.45, 7) is 0.345. The van der Waals surface area contributed by atoms with Crippen LogP contribution in [0.2, 0.25) is 5.02 Å². The molecule has 0 aromatic heterocycles. The Morgan fingerprint density at radius 2 is 1.76 bits per heavy atom. The molecule has 4 nitrogen and oxygen atoms in total. The third-order valence-electron chi connectivity index (χ3n) is 2.96. The highest BCUT2D eigenvalue weighted by atomic mass is 35.5. The van der Waals surface area contributed by atoms with Crippen LogP contribution >= 0.6 is 11.6 Å². The standard InChI is InChI=1S/C15H17ClN2O2S/c16-14-3-1-2-12(10-14)8-9-18-21(19,20)11-13-4-6-15(17)7-5-13/h1-7,10,18H,8-9,11,17H2. The van der Waals surface area contributed by atoms with Crippen LogP contribution in [0.1, 0.15) is 11.1 Å². The number of hydrogen-bond donors (Lipinski definition) is 2. The fourth-order valence-corrected chi connectivity index (χ4v) is 3.29. The molecule has 0 amide bonds. The molecule has 0 fully saturated rings. The molecule has 2 aromatic rings. The van der Waals surface area contributed by atoms with Crippen molar-refractivity contribution in [3.63, 3.8) is 0 Å². The minimum Gasteiger partial charge on any atom is -0.399 e. The van der Waals surface area contributed by atoms with E-state index in [4.69, 9.17) is 17.3 Å². The molecule has 112 valence electrons. The molecule has 2 rings (SSSR count). The van der Waals surface area contributed by atoms with Crippen molar-refractivity contribution in [2.45, 2.75) is 12.2 Å². The summed E-state index contributed by atoms with van der Waals surface area (Å²) in [5, 5.41) is 0.650. The lowest BCUT2D eigenvalue weighted by molar-refractivity contribution is 0.581. The number of benzene rings is 2. The first kappa shape index (κ1) is 15.8. The lowest BCUT2D eigenvalue weighted by Crippen LogP contribution is -2.27. The van der Waals surface area contributed by atoms with E-state index in [0.717, 1.165) is 5.56 Å². The van der Waals surface area contributed by atoms with Crippen molar-refractivity contribution in [3.05, 3.63) is 64.7 Å². The zero-order valence-electron chi connectivity index (χ0n) is 11.4. The molecule has 6 heteroatoms. The Bertz CT molecular complexity index is 700. The van der Waals surface area contributed by atoms with E-state index in [2.05, 4.69) is 4.72 Å². The summed E-state index contributed by atoms with van der Waals surface area (Å²) >= 11 is 5.88. The van der Waals surface area contributed by atoms with Crippen LogP contribution in [0.3, 0.4) is 0 Å². The first-order valence-corrected chi connectivity index (χ1v) is 8.54. The van der Waals surface area contributed by atoms with Crippen LogP contribution in [0.25, 0.3) is 0 Å². The van der Waals surface area contributed by atoms with E-state index in [1.807, 2.05) is 18.2 Å². The molecule has 0 aliphatic carbocycles. The zero-order valence-corrected chi connectivity index (χ0v) is 13.0. The number of halogens is 1. The number of nitrogens with one attached hydrogen (secondary N) is 1. The molecule has 0 aliphatic rings. The monoisotopic (exact) mass is 324 g/mol. The minimum absolute atomic E-state index is 0.0528. The summed E-state index contributed by atoms with van der Waals surface area (Å²) in [5.74, 6) is -0.0528. The SMILES string of the molecule is Nc1ccc(CS(=O)(=O)NCCc2cccc(Cl)c2)cc1. The molecule has 0 bridgehead atoms. The fourth-order valence-electron chi connectivity index (χ4n) is 1.93. The Morgan fingerprint density at radius 3 is 2.43 bits per heavy atom. The molecule has 0 spiro atoms. The largest absolute Gasteiger partial charge is 0.399 e. The maximum absolute atomic E-state index is 12.0. The van der Waals surface area contributed by atoms with Gasteiger partial charge in [-0.15, -0.1) is 0 Å². The lowest BCUT2D eigenvalue weighted by atomic mass is 10.2. The molecule has 0 aliphatic heterocycles. The van der Waals surface area contributed by atoms with Crippen LogP contribution < -0.4 is 10.5 Å². The van der Waals surface area contributed by atoms with E-state index in [1.54, 1.807) is 30.3 Å². The maximum Gasteiger partial charge on any atom is 0.215 e. The van der Waals surface area contributed by atoms with Crippen LogP contribution in [0, 0.1) is 0 Å². The van der Waals surface area contributed by atoms with Gasteiger partial charge in [-0.1, -0.05) is 35.9 Å². The lowest BCUT2D eigenvalue weighted by Gasteiger charge is -2.07. The highest BCUT2D eigenvalue weighted by Gasteiger charge is 2.10. The summed E-state index contributed by atoms with van der Waals surface area (Å²) in [6.07, 6.45) is 0.599. The van der Waals surface area contributed by atoms with Gasteiger partial charge in [0, 0.05) is 17.3 Å². The number of rotatable bonds is 6. The third kappa shape index (κ3) is 5.38. The summed E-state index contributed by atoms with van der Waals surface area (Å²) in [4.78, 5) is 0. The van der Waals surface area contributed by atoms with Crippen LogP contribution in [-0.2, 0) is 22.2 Å². The topological polar surface area (TPSA) is 72.2 Å². The molecule has 0 radical (unpaired) electrons. The van der Waals surface area contributed by atoms with Crippen LogP contribution in [0.15, 0.2) is 48.5 Å². The summed E-state index contributed by atoms with van der Waals surface area (Å²) in [6, 6.07) is 14.2. The Hall–Kier alpha value is -1.56. The van der Waals surface area contributed by atoms with Gasteiger partial charge in [0.05, 0.1) is 5.75 Å². The highest BCUT2D eigenvalue weighted by molar-refractivity contribution is 7.88. The summed E-state index contributed by atoms with van der Waals surface area (Å²) in [5.41, 5.74) is 7.89. The van der Waals surface area contributed by atoms with Gasteiger partial charge < -0.3 is 5.73 Å². The van der Waals surface area contributed by atoms with Crippen molar-refractivity contribution in [1.29, 1.82) is 0 Å². The van der Waals surface area contributed by atoms with Gasteiger partial charge in [0.1, 0.15) is 0 Å². The number of sulfonamides is 1. The van der Waals surface area contributed by atoms with Gasteiger partial charge in [-0.3, -0.25) is 0 Å². The molecular weight excluding hydrogens is 308 g/mol. The zero-order chi connectivity index (χ0) is 15.3. The maximum atomic E-state index is 12.0. The normalized spacial score (nSPS) is 11.5. The molecule has 21 heavy (non-hydrogen) atoms. The van der Waals surface area contributed by atoms with Crippen LogP contribution in [0.4, 0.5) is 5.69 Å². The Labute approximate surface area is 130 Å². The van der Waals surface area contributed by atoms with Crippen molar-refractivity contribution >= 4 is 27.3 Å². The van der Waals surface area contributed by atoms with Crippen LogP contribution in [0.5, 0.6) is 0 Å². The molecule has 2 aromatic carbocycles. The summed E-state index contributed by atoms with van der Waals surface area (Å²) in [7, 11) is -3.35. The number of nitrogen functional groups attached to an aromatic ring is 1. The van der Waals surface area contributed by atoms with Gasteiger partial charge in [-0.25, -0.2) is 13.1 Å². The smallest absolute Gasteiger partial charge is 0.215 e. The van der Waals surface area contributed by atoms with Crippen molar-refractivity contribution < 1.29 is 8.42 Å². The Kier molecular flexibility index (Phi) is 5.22. The van der Waals surface area contributed by atoms with Gasteiger partial charge in [0.2, 0.25) is 10.0 Å². The van der Waals surface area contributed by atoms with E-state index in [9.17, 15) is 8.42 Å². The van der Waals surface area contributed by atoms with E-state index < -0.39 is 10.0 Å². The average Bonchev–Trinajstić information content (AvgIpc) is 2.41. The molecule has 0 unspecified atom stereocenters. The Morgan fingerprint density at radius 1 is 1.05 bits per heavy atom. The second-order valence-corrected chi connectivity index (χ2v) is 7.02. The number of nitrogens with two attached hydrogens (primary N) is 1. The van der Waals surface area contributed by atoms with E-state index in [1.165, 1.54) is 0 Å². The van der Waals surface area contributed by atoms with E-state index in [-0.39, 0.29) is 5.75 Å². The van der Waals surface area contributed by atoms with Gasteiger partial charge >= 0.3 is 0 Å². The first-order chi connectivity index (χ1) is 9.94. The van der Waals surface area contributed by atoms with Gasteiger partial charge in [0.25, 0.3) is 0 Å². The molecule has 0 saturated carbocycles. The number of hydrogen-bond acceptors (Lipinski definition) is 3. The minimum atomic E-state index is -3.35. The average molecular weight is 325 g/mol. The van der Waals surface area contributed by atoms with Crippen molar-refractivity contribution in [2.75, 3.05) is 12.3 Å². The molecule has 0 atom stereocenters. The third-order valence-corrected chi connectivity index (χ3v) is 4.55. The van der Waals surface area contributed by atoms with Gasteiger partial charge in [-0.2, -0.15) is 0 Å². The number of anilines is 1. The highest BCUT2D eigenvalue weighted by Crippen LogP contribution is 2.11.